The third kappa shape index (κ3) is 3.28. The zero-order valence-electron chi connectivity index (χ0n) is 9.12. The van der Waals surface area contributed by atoms with Gasteiger partial charge in [-0.15, -0.1) is 0 Å². The second-order valence-electron chi connectivity index (χ2n) is 3.30. The van der Waals surface area contributed by atoms with Crippen molar-refractivity contribution in [2.45, 2.75) is 6.92 Å². The van der Waals surface area contributed by atoms with E-state index in [2.05, 4.69) is 5.32 Å². The summed E-state index contributed by atoms with van der Waals surface area (Å²) < 4.78 is 0. The van der Waals surface area contributed by atoms with Gasteiger partial charge in [-0.2, -0.15) is 11.8 Å². The summed E-state index contributed by atoms with van der Waals surface area (Å²) in [6, 6.07) is 2.89. The summed E-state index contributed by atoms with van der Waals surface area (Å²) >= 11 is 7.71. The van der Waals surface area contributed by atoms with Gasteiger partial charge in [0.15, 0.2) is 0 Å². The Morgan fingerprint density at radius 3 is 2.75 bits per heavy atom. The van der Waals surface area contributed by atoms with Crippen LogP contribution in [-0.2, 0) is 0 Å². The summed E-state index contributed by atoms with van der Waals surface area (Å²) in [4.78, 5) is 10.2. The van der Waals surface area contributed by atoms with Gasteiger partial charge in [0.2, 0.25) is 0 Å². The molecule has 1 rings (SSSR count). The molecule has 88 valence electrons. The third-order valence-corrected chi connectivity index (χ3v) is 3.00. The highest BCUT2D eigenvalue weighted by atomic mass is 35.5. The van der Waals surface area contributed by atoms with Gasteiger partial charge in [0, 0.05) is 24.4 Å². The Morgan fingerprint density at radius 2 is 2.25 bits per heavy atom. The smallest absolute Gasteiger partial charge is 0.271 e. The molecule has 1 aromatic rings. The summed E-state index contributed by atoms with van der Waals surface area (Å²) in [7, 11) is 0. The van der Waals surface area contributed by atoms with Crippen molar-refractivity contribution in [3.8, 4) is 0 Å². The van der Waals surface area contributed by atoms with Gasteiger partial charge in [0.1, 0.15) is 0 Å². The number of hydrogen-bond acceptors (Lipinski definition) is 4. The van der Waals surface area contributed by atoms with E-state index in [1.807, 2.05) is 6.26 Å². The predicted octanol–water partition coefficient (Wildman–Crippen LogP) is 3.33. The van der Waals surface area contributed by atoms with Crippen LogP contribution < -0.4 is 5.32 Å². The van der Waals surface area contributed by atoms with Crippen LogP contribution in [0.3, 0.4) is 0 Å². The van der Waals surface area contributed by atoms with Gasteiger partial charge in [-0.3, -0.25) is 10.1 Å². The second-order valence-corrected chi connectivity index (χ2v) is 4.69. The fourth-order valence-electron chi connectivity index (χ4n) is 1.33. The van der Waals surface area contributed by atoms with Crippen LogP contribution in [0.5, 0.6) is 0 Å². The average Bonchev–Trinajstić information content (AvgIpc) is 2.21. The van der Waals surface area contributed by atoms with E-state index < -0.39 is 4.92 Å². The number of non-ortho nitro benzene ring substituents is 1. The number of rotatable bonds is 5. The molecule has 0 fully saturated rings. The number of nitrogens with one attached hydrogen (secondary N) is 1. The molecule has 1 N–H and O–H groups in total. The number of aryl methyl sites for hydroxylation is 1. The van der Waals surface area contributed by atoms with Crippen molar-refractivity contribution < 1.29 is 4.92 Å². The Labute approximate surface area is 104 Å². The number of anilines is 1. The molecule has 0 unspecified atom stereocenters. The van der Waals surface area contributed by atoms with Crippen LogP contribution in [0.25, 0.3) is 0 Å². The highest BCUT2D eigenvalue weighted by molar-refractivity contribution is 7.98. The molecule has 0 saturated carbocycles. The number of nitro groups is 1. The summed E-state index contributed by atoms with van der Waals surface area (Å²) in [6.07, 6.45) is 2.02. The second kappa shape index (κ2) is 5.96. The molecule has 0 saturated heterocycles. The van der Waals surface area contributed by atoms with Crippen LogP contribution in [0.15, 0.2) is 12.1 Å². The zero-order valence-corrected chi connectivity index (χ0v) is 10.7. The third-order valence-electron chi connectivity index (χ3n) is 2.09. The minimum Gasteiger partial charge on any atom is -0.383 e. The molecule has 0 aliphatic carbocycles. The normalized spacial score (nSPS) is 10.2. The molecular weight excluding hydrogens is 248 g/mol. The van der Waals surface area contributed by atoms with Gasteiger partial charge in [0.05, 0.1) is 15.6 Å². The minimum atomic E-state index is -0.440. The Hall–Kier alpha value is -0.940. The molecule has 0 heterocycles. The van der Waals surface area contributed by atoms with Crippen LogP contribution in [0.4, 0.5) is 11.4 Å². The molecule has 0 aliphatic rings. The number of nitro benzene ring substituents is 1. The first-order valence-electron chi connectivity index (χ1n) is 4.73. The van der Waals surface area contributed by atoms with Crippen LogP contribution in [-0.4, -0.2) is 23.5 Å². The van der Waals surface area contributed by atoms with E-state index in [0.717, 1.165) is 23.5 Å². The molecule has 0 atom stereocenters. The first-order chi connectivity index (χ1) is 7.56. The van der Waals surface area contributed by atoms with E-state index in [9.17, 15) is 10.1 Å². The Morgan fingerprint density at radius 1 is 1.56 bits per heavy atom. The van der Waals surface area contributed by atoms with Crippen molar-refractivity contribution in [3.63, 3.8) is 0 Å². The van der Waals surface area contributed by atoms with Crippen LogP contribution in [0, 0.1) is 17.0 Å². The van der Waals surface area contributed by atoms with E-state index >= 15 is 0 Å². The molecule has 0 aromatic heterocycles. The van der Waals surface area contributed by atoms with E-state index in [4.69, 9.17) is 11.6 Å². The highest BCUT2D eigenvalue weighted by Crippen LogP contribution is 2.30. The summed E-state index contributed by atoms with van der Waals surface area (Å²) in [5.74, 6) is 0.965. The van der Waals surface area contributed by atoms with Gasteiger partial charge in [-0.05, 0) is 18.7 Å². The van der Waals surface area contributed by atoms with Crippen molar-refractivity contribution in [1.29, 1.82) is 0 Å². The number of thioether (sulfide) groups is 1. The summed E-state index contributed by atoms with van der Waals surface area (Å²) in [6.45, 7) is 2.60. The fourth-order valence-corrected chi connectivity index (χ4v) is 1.97. The summed E-state index contributed by atoms with van der Waals surface area (Å²) in [5.41, 5.74) is 1.60. The average molecular weight is 261 g/mol. The molecule has 16 heavy (non-hydrogen) atoms. The van der Waals surface area contributed by atoms with Crippen molar-refractivity contribution in [2.75, 3.05) is 23.9 Å². The fraction of sp³-hybridized carbons (Fsp3) is 0.400. The van der Waals surface area contributed by atoms with Crippen LogP contribution in [0.1, 0.15) is 5.56 Å². The lowest BCUT2D eigenvalue weighted by Gasteiger charge is -2.10. The molecule has 0 spiro atoms. The molecule has 1 aromatic carbocycles. The lowest BCUT2D eigenvalue weighted by Crippen LogP contribution is -2.06. The largest absolute Gasteiger partial charge is 0.383 e. The quantitative estimate of drug-likeness (QED) is 0.501. The van der Waals surface area contributed by atoms with E-state index in [1.165, 1.54) is 12.1 Å². The zero-order chi connectivity index (χ0) is 12.1. The standard InChI is InChI=1S/C10H13ClN2O2S/c1-7-5-8(13(14)15)6-9(11)10(7)12-3-4-16-2/h5-6,12H,3-4H2,1-2H3. The number of halogens is 1. The maximum atomic E-state index is 10.6. The van der Waals surface area contributed by atoms with Crippen LogP contribution in [0.2, 0.25) is 5.02 Å². The molecule has 0 radical (unpaired) electrons. The molecule has 0 amide bonds. The lowest BCUT2D eigenvalue weighted by molar-refractivity contribution is -0.384. The first kappa shape index (κ1) is 13.1. The monoisotopic (exact) mass is 260 g/mol. The summed E-state index contributed by atoms with van der Waals surface area (Å²) in [5, 5.41) is 14.2. The Kier molecular flexibility index (Phi) is 4.89. The van der Waals surface area contributed by atoms with E-state index in [0.29, 0.717) is 5.02 Å². The predicted molar refractivity (Wildman–Crippen MR) is 69.7 cm³/mol. The van der Waals surface area contributed by atoms with Gasteiger partial charge in [-0.25, -0.2) is 0 Å². The van der Waals surface area contributed by atoms with Gasteiger partial charge in [-0.1, -0.05) is 11.6 Å². The van der Waals surface area contributed by atoms with Gasteiger partial charge in [0.25, 0.3) is 5.69 Å². The Bertz CT molecular complexity index is 375. The van der Waals surface area contributed by atoms with Crippen molar-refractivity contribution in [1.82, 2.24) is 0 Å². The maximum Gasteiger partial charge on any atom is 0.271 e. The van der Waals surface area contributed by atoms with Crippen molar-refractivity contribution >= 4 is 34.7 Å². The van der Waals surface area contributed by atoms with Crippen LogP contribution >= 0.6 is 23.4 Å². The van der Waals surface area contributed by atoms with Gasteiger partial charge >= 0.3 is 0 Å². The minimum absolute atomic E-state index is 0.0258. The number of benzene rings is 1. The number of hydrogen-bond donors (Lipinski definition) is 1. The lowest BCUT2D eigenvalue weighted by atomic mass is 10.2. The molecule has 0 bridgehead atoms. The SMILES string of the molecule is CSCCNc1c(C)cc([N+](=O)[O-])cc1Cl. The molecule has 6 heteroatoms. The van der Waals surface area contributed by atoms with Gasteiger partial charge < -0.3 is 5.32 Å². The Balaban J connectivity index is 2.89. The first-order valence-corrected chi connectivity index (χ1v) is 6.50. The molecular formula is C10H13ClN2O2S. The van der Waals surface area contributed by atoms with Crippen molar-refractivity contribution in [3.05, 3.63) is 32.8 Å². The molecule has 0 aliphatic heterocycles. The maximum absolute atomic E-state index is 10.6. The van der Waals surface area contributed by atoms with E-state index in [1.54, 1.807) is 18.7 Å². The number of nitrogens with zero attached hydrogens (tertiary/aromatic N) is 1. The topological polar surface area (TPSA) is 55.2 Å². The van der Waals surface area contributed by atoms with E-state index in [-0.39, 0.29) is 5.69 Å². The highest BCUT2D eigenvalue weighted by Gasteiger charge is 2.12. The molecule has 4 nitrogen and oxygen atoms in total. The van der Waals surface area contributed by atoms with Crippen molar-refractivity contribution in [2.24, 2.45) is 0 Å².